The highest BCUT2D eigenvalue weighted by Gasteiger charge is 2.66. The second kappa shape index (κ2) is 6.38. The standard InChI is InChI=1S/C17H21Br2NO4/c18-14-9-6-10(15(14)19)13-12(9)16(22)20(17(13)23)7-11(21)24-8-4-2-1-3-5-8/h8-10,12-15H,1-7H2/t9-,10+,12-,13-,14-,15+/m0/s1. The highest BCUT2D eigenvalue weighted by atomic mass is 79.9. The van der Waals surface area contributed by atoms with Crippen LogP contribution in [0.4, 0.5) is 0 Å². The number of fused-ring (bicyclic) bond motifs is 5. The zero-order valence-electron chi connectivity index (χ0n) is 13.3. The van der Waals surface area contributed by atoms with Crippen LogP contribution < -0.4 is 0 Å². The van der Waals surface area contributed by atoms with E-state index in [2.05, 4.69) is 31.9 Å². The van der Waals surface area contributed by atoms with Gasteiger partial charge >= 0.3 is 5.97 Å². The third kappa shape index (κ3) is 2.57. The van der Waals surface area contributed by atoms with E-state index < -0.39 is 5.97 Å². The van der Waals surface area contributed by atoms with Crippen LogP contribution >= 0.6 is 31.9 Å². The van der Waals surface area contributed by atoms with Gasteiger partial charge in [-0.1, -0.05) is 38.3 Å². The molecule has 3 saturated carbocycles. The zero-order valence-corrected chi connectivity index (χ0v) is 16.5. The summed E-state index contributed by atoms with van der Waals surface area (Å²) in [5.74, 6) is -0.961. The van der Waals surface area contributed by atoms with Crippen molar-refractivity contribution in [1.29, 1.82) is 0 Å². The molecule has 0 N–H and O–H groups in total. The number of alkyl halides is 2. The molecule has 6 atom stereocenters. The number of nitrogens with zero attached hydrogens (tertiary/aromatic N) is 1. The molecule has 1 saturated heterocycles. The first-order valence-electron chi connectivity index (χ1n) is 8.82. The fraction of sp³-hybridized carbons (Fsp3) is 0.824. The Morgan fingerprint density at radius 3 is 2.08 bits per heavy atom. The number of rotatable bonds is 3. The Bertz CT molecular complexity index is 545. The lowest BCUT2D eigenvalue weighted by Gasteiger charge is -2.28. The number of halogens is 2. The predicted molar refractivity (Wildman–Crippen MR) is 93.7 cm³/mol. The number of hydrogen-bond acceptors (Lipinski definition) is 4. The van der Waals surface area contributed by atoms with Crippen molar-refractivity contribution in [2.45, 2.75) is 54.3 Å². The molecular weight excluding hydrogens is 442 g/mol. The number of carbonyl (C=O) groups is 3. The summed E-state index contributed by atoms with van der Waals surface area (Å²) in [5.41, 5.74) is 0. The number of amides is 2. The van der Waals surface area contributed by atoms with Crippen molar-refractivity contribution < 1.29 is 19.1 Å². The molecule has 0 aromatic rings. The van der Waals surface area contributed by atoms with Crippen LogP contribution in [0.15, 0.2) is 0 Å². The molecule has 132 valence electrons. The van der Waals surface area contributed by atoms with E-state index in [1.165, 1.54) is 6.42 Å². The number of carbonyl (C=O) groups excluding carboxylic acids is 3. The van der Waals surface area contributed by atoms with Crippen molar-refractivity contribution in [3.05, 3.63) is 0 Å². The zero-order chi connectivity index (χ0) is 17.0. The van der Waals surface area contributed by atoms with E-state index in [1.54, 1.807) is 0 Å². The summed E-state index contributed by atoms with van der Waals surface area (Å²) >= 11 is 7.32. The van der Waals surface area contributed by atoms with Gasteiger partial charge in [0.25, 0.3) is 0 Å². The number of hydrogen-bond donors (Lipinski definition) is 0. The molecule has 4 rings (SSSR count). The number of likely N-dealkylation sites (tertiary alicyclic amines) is 1. The Labute approximate surface area is 158 Å². The van der Waals surface area contributed by atoms with Gasteiger partial charge in [-0.15, -0.1) is 0 Å². The lowest BCUT2D eigenvalue weighted by molar-refractivity contribution is -0.158. The number of esters is 1. The summed E-state index contributed by atoms with van der Waals surface area (Å²) in [6.45, 7) is -0.222. The maximum Gasteiger partial charge on any atom is 0.326 e. The second-order valence-electron chi connectivity index (χ2n) is 7.52. The molecule has 0 aromatic heterocycles. The van der Waals surface area contributed by atoms with Crippen molar-refractivity contribution in [3.63, 3.8) is 0 Å². The molecule has 24 heavy (non-hydrogen) atoms. The Kier molecular flexibility index (Phi) is 4.52. The summed E-state index contributed by atoms with van der Waals surface area (Å²) in [7, 11) is 0. The molecule has 2 bridgehead atoms. The largest absolute Gasteiger partial charge is 0.461 e. The first-order chi connectivity index (χ1) is 11.5. The van der Waals surface area contributed by atoms with Crippen LogP contribution in [0.5, 0.6) is 0 Å². The Hall–Kier alpha value is -0.430. The molecule has 1 aliphatic heterocycles. The van der Waals surface area contributed by atoms with E-state index in [4.69, 9.17) is 4.74 Å². The van der Waals surface area contributed by atoms with Crippen LogP contribution in [0.1, 0.15) is 38.5 Å². The van der Waals surface area contributed by atoms with Crippen LogP contribution in [0.3, 0.4) is 0 Å². The van der Waals surface area contributed by atoms with Gasteiger partial charge in [-0.05, 0) is 43.9 Å². The lowest BCUT2D eigenvalue weighted by Crippen LogP contribution is -2.39. The number of ether oxygens (including phenoxy) is 1. The summed E-state index contributed by atoms with van der Waals surface area (Å²) in [5, 5.41) is 0. The van der Waals surface area contributed by atoms with Crippen LogP contribution in [0.25, 0.3) is 0 Å². The van der Waals surface area contributed by atoms with Gasteiger partial charge in [0.15, 0.2) is 0 Å². The monoisotopic (exact) mass is 461 g/mol. The topological polar surface area (TPSA) is 63.7 Å². The summed E-state index contributed by atoms with van der Waals surface area (Å²) < 4.78 is 5.48. The van der Waals surface area contributed by atoms with Crippen LogP contribution in [-0.2, 0) is 19.1 Å². The van der Waals surface area contributed by atoms with E-state index in [0.29, 0.717) is 0 Å². The van der Waals surface area contributed by atoms with E-state index >= 15 is 0 Å². The molecule has 2 amide bonds. The van der Waals surface area contributed by atoms with Crippen molar-refractivity contribution in [2.75, 3.05) is 6.54 Å². The van der Waals surface area contributed by atoms with Gasteiger partial charge in [0, 0.05) is 9.65 Å². The number of imide groups is 1. The van der Waals surface area contributed by atoms with Crippen molar-refractivity contribution >= 4 is 49.6 Å². The molecule has 7 heteroatoms. The first-order valence-corrected chi connectivity index (χ1v) is 10.6. The Balaban J connectivity index is 1.43. The SMILES string of the molecule is O=C(CN1C(=O)[C@H]2[C@@H]3C[C@@H]([C@@H](Br)[C@H]3Br)[C@@H]2C1=O)OC1CCCCC1. The highest BCUT2D eigenvalue weighted by Crippen LogP contribution is 2.60. The second-order valence-corrected chi connectivity index (χ2v) is 9.63. The van der Waals surface area contributed by atoms with Crippen molar-refractivity contribution in [1.82, 2.24) is 4.90 Å². The third-order valence-electron chi connectivity index (χ3n) is 6.22. The van der Waals surface area contributed by atoms with Gasteiger partial charge in [-0.3, -0.25) is 19.3 Å². The van der Waals surface area contributed by atoms with Gasteiger partial charge in [-0.2, -0.15) is 0 Å². The average Bonchev–Trinajstić information content (AvgIpc) is 3.16. The molecule has 0 radical (unpaired) electrons. The summed E-state index contributed by atoms with van der Waals surface area (Å²) in [4.78, 5) is 39.2. The molecule has 5 nitrogen and oxygen atoms in total. The summed E-state index contributed by atoms with van der Waals surface area (Å²) in [6, 6.07) is 0. The average molecular weight is 463 g/mol. The van der Waals surface area contributed by atoms with E-state index in [-0.39, 0.29) is 57.8 Å². The van der Waals surface area contributed by atoms with Gasteiger partial charge in [-0.25, -0.2) is 0 Å². The van der Waals surface area contributed by atoms with E-state index in [1.807, 2.05) is 0 Å². The molecule has 4 fully saturated rings. The van der Waals surface area contributed by atoms with E-state index in [9.17, 15) is 14.4 Å². The molecular formula is C17H21Br2NO4. The van der Waals surface area contributed by atoms with Gasteiger partial charge in [0.2, 0.25) is 11.8 Å². The fourth-order valence-corrected chi connectivity index (χ4v) is 6.98. The van der Waals surface area contributed by atoms with Gasteiger partial charge in [0.05, 0.1) is 11.8 Å². The minimum Gasteiger partial charge on any atom is -0.461 e. The third-order valence-corrected chi connectivity index (χ3v) is 9.42. The Morgan fingerprint density at radius 2 is 1.54 bits per heavy atom. The van der Waals surface area contributed by atoms with E-state index in [0.717, 1.165) is 37.0 Å². The van der Waals surface area contributed by atoms with Gasteiger partial charge < -0.3 is 4.74 Å². The maximum atomic E-state index is 12.7. The van der Waals surface area contributed by atoms with Gasteiger partial charge in [0.1, 0.15) is 12.6 Å². The smallest absolute Gasteiger partial charge is 0.326 e. The minimum absolute atomic E-state index is 0.0476. The minimum atomic E-state index is -0.443. The first kappa shape index (κ1) is 17.0. The lowest BCUT2D eigenvalue weighted by atomic mass is 9.81. The summed E-state index contributed by atoms with van der Waals surface area (Å²) in [6.07, 6.45) is 5.97. The fourth-order valence-electron chi connectivity index (χ4n) is 5.10. The molecule has 1 heterocycles. The van der Waals surface area contributed by atoms with Crippen molar-refractivity contribution in [2.24, 2.45) is 23.7 Å². The molecule has 0 unspecified atom stereocenters. The predicted octanol–water partition coefficient (Wildman–Crippen LogP) is 2.64. The quantitative estimate of drug-likeness (QED) is 0.367. The Morgan fingerprint density at radius 1 is 1.00 bits per heavy atom. The molecule has 3 aliphatic carbocycles. The van der Waals surface area contributed by atoms with Crippen LogP contribution in [0.2, 0.25) is 0 Å². The molecule has 0 aromatic carbocycles. The molecule has 0 spiro atoms. The van der Waals surface area contributed by atoms with Crippen LogP contribution in [-0.4, -0.2) is 45.0 Å². The molecule has 4 aliphatic rings. The highest BCUT2D eigenvalue weighted by molar-refractivity contribution is 9.12. The van der Waals surface area contributed by atoms with Crippen molar-refractivity contribution in [3.8, 4) is 0 Å². The normalized spacial score (nSPS) is 41.8. The van der Waals surface area contributed by atoms with Crippen LogP contribution in [0, 0.1) is 23.7 Å². The maximum absolute atomic E-state index is 12.7.